The summed E-state index contributed by atoms with van der Waals surface area (Å²) in [4.78, 5) is 31.2. The van der Waals surface area contributed by atoms with E-state index in [1.165, 1.54) is 22.9 Å². The molecule has 0 spiro atoms. The second-order valence-corrected chi connectivity index (χ2v) is 6.04. The monoisotopic (exact) mass is 369 g/mol. The van der Waals surface area contributed by atoms with Crippen molar-refractivity contribution in [2.24, 2.45) is 7.05 Å². The van der Waals surface area contributed by atoms with E-state index in [1.807, 2.05) is 13.0 Å². The van der Waals surface area contributed by atoms with Gasteiger partial charge in [0.25, 0.3) is 5.56 Å². The molecule has 0 bridgehead atoms. The highest BCUT2D eigenvalue weighted by molar-refractivity contribution is 5.64. The Morgan fingerprint density at radius 3 is 2.89 bits per heavy atom. The van der Waals surface area contributed by atoms with Crippen molar-refractivity contribution in [2.75, 3.05) is 5.32 Å². The molecular weight excluding hydrogens is 353 g/mol. The average Bonchev–Trinajstić information content (AvgIpc) is 3.14. The zero-order chi connectivity index (χ0) is 19.0. The van der Waals surface area contributed by atoms with Crippen LogP contribution in [0, 0.1) is 12.7 Å². The third-order valence-electron chi connectivity index (χ3n) is 4.38. The molecule has 4 rings (SSSR count). The van der Waals surface area contributed by atoms with Crippen LogP contribution in [-0.4, -0.2) is 14.5 Å². The molecule has 0 saturated carbocycles. The van der Waals surface area contributed by atoms with Crippen LogP contribution in [-0.2, 0) is 13.6 Å². The lowest BCUT2D eigenvalue weighted by Crippen LogP contribution is -2.24. The van der Waals surface area contributed by atoms with Crippen molar-refractivity contribution in [3.05, 3.63) is 64.1 Å². The molecule has 0 saturated heterocycles. The highest BCUT2D eigenvalue weighted by Crippen LogP contribution is 2.35. The van der Waals surface area contributed by atoms with Crippen LogP contribution in [0.25, 0.3) is 11.1 Å². The van der Waals surface area contributed by atoms with Gasteiger partial charge in [-0.1, -0.05) is 0 Å². The maximum absolute atomic E-state index is 14.2. The van der Waals surface area contributed by atoms with Gasteiger partial charge in [-0.3, -0.25) is 14.3 Å². The molecule has 3 heterocycles. The van der Waals surface area contributed by atoms with E-state index in [9.17, 15) is 9.18 Å². The van der Waals surface area contributed by atoms with Gasteiger partial charge in [0.05, 0.1) is 11.1 Å². The number of nitrogens with zero attached hydrogens (tertiary/aromatic N) is 3. The summed E-state index contributed by atoms with van der Waals surface area (Å²) in [5.41, 5.74) is 4.36. The number of fused-ring (bicyclic) bond motifs is 1. The van der Waals surface area contributed by atoms with Gasteiger partial charge in [-0.25, -0.2) is 9.37 Å². The largest absolute Gasteiger partial charge is 0.370 e. The highest BCUT2D eigenvalue weighted by atomic mass is 19.1. The molecule has 2 N–H and O–H groups in total. The van der Waals surface area contributed by atoms with Crippen LogP contribution in [0.2, 0.25) is 0 Å². The quantitative estimate of drug-likeness (QED) is 0.728. The Hall–Kier alpha value is -3.46. The van der Waals surface area contributed by atoms with Crippen molar-refractivity contribution >= 4 is 5.95 Å². The predicted molar refractivity (Wildman–Crippen MR) is 95.6 cm³/mol. The van der Waals surface area contributed by atoms with Crippen molar-refractivity contribution in [3.63, 3.8) is 0 Å². The number of pyridine rings is 1. The lowest BCUT2D eigenvalue weighted by molar-refractivity contribution is 0.0254. The molecule has 27 heavy (non-hydrogen) atoms. The fourth-order valence-electron chi connectivity index (χ4n) is 2.85. The number of rotatable bonds is 4. The van der Waals surface area contributed by atoms with Crippen LogP contribution in [0.1, 0.15) is 11.1 Å². The molecule has 0 aliphatic carbocycles. The van der Waals surface area contributed by atoms with Crippen molar-refractivity contribution in [1.82, 2.24) is 20.2 Å². The number of benzene rings is 1. The van der Waals surface area contributed by atoms with E-state index in [1.54, 1.807) is 19.4 Å². The van der Waals surface area contributed by atoms with Crippen LogP contribution < -0.4 is 26.2 Å². The van der Waals surface area contributed by atoms with Gasteiger partial charge >= 0.3 is 0 Å². The van der Waals surface area contributed by atoms with Gasteiger partial charge in [0.1, 0.15) is 5.82 Å². The van der Waals surface area contributed by atoms with Gasteiger partial charge < -0.3 is 15.0 Å². The van der Waals surface area contributed by atoms with Gasteiger partial charge in [0, 0.05) is 43.4 Å². The molecule has 0 radical (unpaired) electrons. The van der Waals surface area contributed by atoms with Crippen LogP contribution in [0.5, 0.6) is 11.5 Å². The fraction of sp³-hybridized carbons (Fsp3) is 0.167. The number of aryl methyl sites for hydroxylation is 1. The summed E-state index contributed by atoms with van der Waals surface area (Å²) in [7, 11) is 1.60. The van der Waals surface area contributed by atoms with E-state index in [-0.39, 0.29) is 23.4 Å². The van der Waals surface area contributed by atoms with Crippen LogP contribution in [0.4, 0.5) is 10.3 Å². The number of anilines is 1. The van der Waals surface area contributed by atoms with E-state index >= 15 is 0 Å². The molecule has 8 nitrogen and oxygen atoms in total. The van der Waals surface area contributed by atoms with Crippen molar-refractivity contribution < 1.29 is 14.1 Å². The molecular formula is C18H16FN5O3. The van der Waals surface area contributed by atoms with Crippen LogP contribution in [0.3, 0.4) is 0 Å². The zero-order valence-electron chi connectivity index (χ0n) is 14.6. The first-order chi connectivity index (χ1) is 13.1. The SMILES string of the molecule is Cc1ccncc1-c1cnc(NCc2c(F)ccc3c2ONO3)n(C)c1=O. The normalized spacial score (nSPS) is 12.3. The number of halogens is 1. The summed E-state index contributed by atoms with van der Waals surface area (Å²) in [6.45, 7) is 1.96. The highest BCUT2D eigenvalue weighted by Gasteiger charge is 2.22. The van der Waals surface area contributed by atoms with Gasteiger partial charge in [0.2, 0.25) is 11.7 Å². The first-order valence-electron chi connectivity index (χ1n) is 8.17. The van der Waals surface area contributed by atoms with Gasteiger partial charge in [-0.15, -0.1) is 0 Å². The molecule has 0 unspecified atom stereocenters. The van der Waals surface area contributed by atoms with Gasteiger partial charge in [-0.2, -0.15) is 0 Å². The Bertz CT molecular complexity index is 1080. The molecule has 1 aromatic carbocycles. The molecule has 138 valence electrons. The smallest absolute Gasteiger partial charge is 0.262 e. The zero-order valence-corrected chi connectivity index (χ0v) is 14.6. The summed E-state index contributed by atoms with van der Waals surface area (Å²) in [6.07, 6.45) is 4.79. The number of hydrogen-bond acceptors (Lipinski definition) is 7. The minimum Gasteiger partial charge on any atom is -0.370 e. The standard InChI is InChI=1S/C18H16FN5O3/c1-10-5-6-20-7-11(10)12-8-21-18(24(2)17(12)25)22-9-13-14(19)3-4-15-16(13)27-23-26-15/h3-8,23H,9H2,1-2H3,(H,21,22). The number of hydrogen-bond donors (Lipinski definition) is 2. The summed E-state index contributed by atoms with van der Waals surface area (Å²) in [5.74, 6) is 0.489. The van der Waals surface area contributed by atoms with Gasteiger partial charge in [-0.05, 0) is 30.7 Å². The Balaban J connectivity index is 1.64. The third kappa shape index (κ3) is 2.97. The lowest BCUT2D eigenvalue weighted by Gasteiger charge is -2.13. The maximum atomic E-state index is 14.2. The minimum atomic E-state index is -0.457. The molecule has 2 aromatic heterocycles. The molecule has 0 amide bonds. The van der Waals surface area contributed by atoms with Crippen molar-refractivity contribution in [3.8, 4) is 22.6 Å². The minimum absolute atomic E-state index is 0.0611. The first-order valence-corrected chi connectivity index (χ1v) is 8.17. The molecule has 0 fully saturated rings. The molecule has 1 aliphatic rings. The van der Waals surface area contributed by atoms with E-state index in [0.717, 1.165) is 11.1 Å². The van der Waals surface area contributed by atoms with E-state index in [4.69, 9.17) is 9.68 Å². The second-order valence-electron chi connectivity index (χ2n) is 6.04. The van der Waals surface area contributed by atoms with E-state index in [2.05, 4.69) is 20.9 Å². The Kier molecular flexibility index (Phi) is 4.21. The average molecular weight is 369 g/mol. The van der Waals surface area contributed by atoms with Crippen LogP contribution >= 0.6 is 0 Å². The van der Waals surface area contributed by atoms with Crippen LogP contribution in [0.15, 0.2) is 41.6 Å². The van der Waals surface area contributed by atoms with Crippen molar-refractivity contribution in [1.29, 1.82) is 0 Å². The predicted octanol–water partition coefficient (Wildman–Crippen LogP) is 2.09. The summed E-state index contributed by atoms with van der Waals surface area (Å²) in [6, 6.07) is 4.58. The second kappa shape index (κ2) is 6.69. The van der Waals surface area contributed by atoms with Gasteiger partial charge in [0.15, 0.2) is 5.75 Å². The summed E-state index contributed by atoms with van der Waals surface area (Å²) < 4.78 is 15.5. The fourth-order valence-corrected chi connectivity index (χ4v) is 2.85. The topological polar surface area (TPSA) is 90.3 Å². The summed E-state index contributed by atoms with van der Waals surface area (Å²) >= 11 is 0. The lowest BCUT2D eigenvalue weighted by atomic mass is 10.1. The van der Waals surface area contributed by atoms with E-state index < -0.39 is 5.82 Å². The Morgan fingerprint density at radius 1 is 1.22 bits per heavy atom. The number of aromatic nitrogens is 3. The Morgan fingerprint density at radius 2 is 2.07 bits per heavy atom. The summed E-state index contributed by atoms with van der Waals surface area (Å²) in [5, 5.41) is 2.97. The molecule has 0 atom stereocenters. The number of nitrogens with one attached hydrogen (secondary N) is 2. The maximum Gasteiger partial charge on any atom is 0.262 e. The third-order valence-corrected chi connectivity index (χ3v) is 4.38. The molecule has 9 heteroatoms. The molecule has 1 aliphatic heterocycles. The van der Waals surface area contributed by atoms with Crippen molar-refractivity contribution in [2.45, 2.75) is 13.5 Å². The van der Waals surface area contributed by atoms with E-state index in [0.29, 0.717) is 17.3 Å². The Labute approximate surface area is 153 Å². The first kappa shape index (κ1) is 17.0. The molecule has 3 aromatic rings.